The molecule has 0 saturated heterocycles. The fourth-order valence-corrected chi connectivity index (χ4v) is 2.25. The molecule has 0 fully saturated rings. The summed E-state index contributed by atoms with van der Waals surface area (Å²) in [5.41, 5.74) is -1.43. The minimum atomic E-state index is -0.787. The summed E-state index contributed by atoms with van der Waals surface area (Å²) >= 11 is 0. The van der Waals surface area contributed by atoms with E-state index in [0.717, 1.165) is 4.57 Å². The second-order valence-corrected chi connectivity index (χ2v) is 4.28. The number of likely N-dealkylation sites (N-methyl/N-ethyl adjacent to an activating group) is 1. The van der Waals surface area contributed by atoms with Crippen LogP contribution in [0.5, 0.6) is 0 Å². The Bertz CT molecular complexity index is 647. The van der Waals surface area contributed by atoms with Gasteiger partial charge in [-0.2, -0.15) is 0 Å². The van der Waals surface area contributed by atoms with E-state index in [1.807, 2.05) is 0 Å². The van der Waals surface area contributed by atoms with Gasteiger partial charge in [0.2, 0.25) is 5.62 Å². The molecule has 2 rings (SSSR count). The predicted octanol–water partition coefficient (Wildman–Crippen LogP) is -0.441. The largest absolute Gasteiger partial charge is 0.374 e. The van der Waals surface area contributed by atoms with Gasteiger partial charge in [0.25, 0.3) is 0 Å². The first-order valence-electron chi connectivity index (χ1n) is 5.77. The fourth-order valence-electron chi connectivity index (χ4n) is 2.25. The highest BCUT2D eigenvalue weighted by atomic mass is 16.6. The summed E-state index contributed by atoms with van der Waals surface area (Å²) in [6.07, 6.45) is -0.497. The smallest absolute Gasteiger partial charge is 0.356 e. The van der Waals surface area contributed by atoms with Crippen LogP contribution in [-0.2, 0) is 11.8 Å². The lowest BCUT2D eigenvalue weighted by Gasteiger charge is -2.14. The molecule has 1 aromatic heterocycles. The van der Waals surface area contributed by atoms with Crippen molar-refractivity contribution in [3.63, 3.8) is 0 Å². The number of aromatic nitrogens is 2. The van der Waals surface area contributed by atoms with E-state index in [0.29, 0.717) is 13.2 Å². The van der Waals surface area contributed by atoms with Crippen molar-refractivity contribution in [2.45, 2.75) is 13.2 Å². The molecule has 2 heterocycles. The van der Waals surface area contributed by atoms with E-state index >= 15 is 0 Å². The average Bonchev–Trinajstić information content (AvgIpc) is 2.64. The topological polar surface area (TPSA) is 106 Å². The number of fused-ring (bicyclic) bond motifs is 1. The summed E-state index contributed by atoms with van der Waals surface area (Å²) < 4.78 is 7.80. The minimum absolute atomic E-state index is 0.117. The second kappa shape index (κ2) is 4.50. The van der Waals surface area contributed by atoms with E-state index in [1.165, 1.54) is 11.6 Å². The van der Waals surface area contributed by atoms with Crippen molar-refractivity contribution in [2.75, 3.05) is 25.1 Å². The van der Waals surface area contributed by atoms with Gasteiger partial charge in [0.1, 0.15) is 0 Å². The zero-order chi connectivity index (χ0) is 14.3. The van der Waals surface area contributed by atoms with E-state index in [9.17, 15) is 14.9 Å². The molecule has 1 unspecified atom stereocenters. The molecule has 9 heteroatoms. The van der Waals surface area contributed by atoms with Gasteiger partial charge in [-0.1, -0.05) is 0 Å². The Kier molecular flexibility index (Phi) is 3.14. The molecule has 0 aromatic carbocycles. The number of rotatable bonds is 3. The van der Waals surface area contributed by atoms with E-state index < -0.39 is 22.4 Å². The molecular weight excluding hydrogens is 254 g/mol. The Balaban J connectivity index is 2.83. The molecule has 0 radical (unpaired) electrons. The van der Waals surface area contributed by atoms with Crippen molar-refractivity contribution < 1.29 is 9.66 Å². The summed E-state index contributed by atoms with van der Waals surface area (Å²) in [4.78, 5) is 23.9. The lowest BCUT2D eigenvalue weighted by atomic mass is 10.4. The molecule has 0 aliphatic carbocycles. The number of hydrogen-bond acceptors (Lipinski definition) is 6. The highest BCUT2D eigenvalue weighted by Gasteiger charge is 2.37. The van der Waals surface area contributed by atoms with E-state index in [-0.39, 0.29) is 11.4 Å². The van der Waals surface area contributed by atoms with Crippen molar-refractivity contribution in [3.05, 3.63) is 26.1 Å². The van der Waals surface area contributed by atoms with Gasteiger partial charge >= 0.3 is 11.2 Å². The zero-order valence-electron chi connectivity index (χ0n) is 10.9. The van der Waals surface area contributed by atoms with Crippen molar-refractivity contribution in [1.82, 2.24) is 9.13 Å². The van der Waals surface area contributed by atoms with Crippen molar-refractivity contribution in [2.24, 2.45) is 7.05 Å². The Morgan fingerprint density at radius 1 is 1.53 bits per heavy atom. The van der Waals surface area contributed by atoms with Crippen molar-refractivity contribution >= 4 is 11.5 Å². The quantitative estimate of drug-likeness (QED) is 0.591. The average molecular weight is 269 g/mol. The van der Waals surface area contributed by atoms with E-state index in [1.54, 1.807) is 18.9 Å². The van der Waals surface area contributed by atoms with Crippen LogP contribution in [0, 0.1) is 15.5 Å². The van der Waals surface area contributed by atoms with Crippen LogP contribution >= 0.6 is 0 Å². The maximum Gasteiger partial charge on any atom is 0.374 e. The van der Waals surface area contributed by atoms with Gasteiger partial charge in [-0.15, -0.1) is 0 Å². The summed E-state index contributed by atoms with van der Waals surface area (Å²) in [6, 6.07) is 0. The standard InChI is InChI=1S/C10H15N5O4/c1-4-19-6-5-12(2)8-7(15(17)18)9(16)13(3)10(11)14(6)8/h6,11H,4-5H2,1-3H3. The molecule has 0 amide bonds. The Morgan fingerprint density at radius 2 is 2.16 bits per heavy atom. The molecule has 9 nitrogen and oxygen atoms in total. The Hall–Kier alpha value is -2.16. The lowest BCUT2D eigenvalue weighted by molar-refractivity contribution is -0.386. The van der Waals surface area contributed by atoms with E-state index in [4.69, 9.17) is 10.1 Å². The number of nitrogens with zero attached hydrogens (tertiary/aromatic N) is 4. The molecular formula is C10H15N5O4. The van der Waals surface area contributed by atoms with Gasteiger partial charge in [0.15, 0.2) is 12.0 Å². The number of nitrogens with one attached hydrogen (secondary N) is 1. The summed E-state index contributed by atoms with van der Waals surface area (Å²) in [5.74, 6) is 0.122. The molecule has 0 saturated carbocycles. The fraction of sp³-hybridized carbons (Fsp3) is 0.600. The normalized spacial score (nSPS) is 17.6. The third kappa shape index (κ3) is 1.82. The highest BCUT2D eigenvalue weighted by molar-refractivity contribution is 5.59. The van der Waals surface area contributed by atoms with E-state index in [2.05, 4.69) is 0 Å². The molecule has 19 heavy (non-hydrogen) atoms. The highest BCUT2D eigenvalue weighted by Crippen LogP contribution is 2.31. The minimum Gasteiger partial charge on any atom is -0.356 e. The van der Waals surface area contributed by atoms with Gasteiger partial charge in [0, 0.05) is 20.7 Å². The Labute approximate surface area is 108 Å². The van der Waals surface area contributed by atoms with Crippen molar-refractivity contribution in [1.29, 1.82) is 5.41 Å². The molecule has 1 atom stereocenters. The van der Waals surface area contributed by atoms with Crippen LogP contribution in [0.25, 0.3) is 0 Å². The van der Waals surface area contributed by atoms with Crippen molar-refractivity contribution in [3.8, 4) is 0 Å². The van der Waals surface area contributed by atoms with Crippen LogP contribution in [0.1, 0.15) is 13.2 Å². The lowest BCUT2D eigenvalue weighted by Crippen LogP contribution is -2.40. The number of ether oxygens (including phenoxy) is 1. The zero-order valence-corrected chi connectivity index (χ0v) is 10.9. The summed E-state index contributed by atoms with van der Waals surface area (Å²) in [7, 11) is 2.98. The first kappa shape index (κ1) is 13.3. The molecule has 104 valence electrons. The summed E-state index contributed by atoms with van der Waals surface area (Å²) in [5, 5.41) is 19.1. The molecule has 0 bridgehead atoms. The van der Waals surface area contributed by atoms with Gasteiger partial charge < -0.3 is 9.64 Å². The molecule has 0 spiro atoms. The maximum atomic E-state index is 11.9. The first-order valence-corrected chi connectivity index (χ1v) is 5.77. The molecule has 1 aliphatic rings. The summed E-state index contributed by atoms with van der Waals surface area (Å²) in [6.45, 7) is 2.59. The third-order valence-corrected chi connectivity index (χ3v) is 3.11. The monoisotopic (exact) mass is 269 g/mol. The van der Waals surface area contributed by atoms with Crippen LogP contribution in [-0.4, -0.2) is 34.3 Å². The van der Waals surface area contributed by atoms with Gasteiger partial charge in [-0.3, -0.25) is 29.5 Å². The molecule has 1 aromatic rings. The second-order valence-electron chi connectivity index (χ2n) is 4.28. The number of hydrogen-bond donors (Lipinski definition) is 1. The van der Waals surface area contributed by atoms with Gasteiger partial charge in [0.05, 0.1) is 11.5 Å². The SMILES string of the molecule is CCOC1CN(C)c2c([N+](=O)[O-])c(=O)n(C)c(=N)n21. The molecule has 1 N–H and O–H groups in total. The maximum absolute atomic E-state index is 11.9. The number of anilines is 1. The van der Waals surface area contributed by atoms with Gasteiger partial charge in [-0.05, 0) is 6.92 Å². The van der Waals surface area contributed by atoms with Crippen LogP contribution in [0.3, 0.4) is 0 Å². The molecule has 1 aliphatic heterocycles. The van der Waals surface area contributed by atoms with Crippen LogP contribution in [0.4, 0.5) is 11.5 Å². The van der Waals surface area contributed by atoms with Crippen LogP contribution in [0.15, 0.2) is 4.79 Å². The predicted molar refractivity (Wildman–Crippen MR) is 66.1 cm³/mol. The first-order chi connectivity index (χ1) is 8.90. The Morgan fingerprint density at radius 3 is 2.68 bits per heavy atom. The van der Waals surface area contributed by atoms with Gasteiger partial charge in [-0.25, -0.2) is 0 Å². The number of nitro groups is 1. The van der Waals surface area contributed by atoms with Crippen LogP contribution in [0.2, 0.25) is 0 Å². The van der Waals surface area contributed by atoms with Crippen LogP contribution < -0.4 is 16.1 Å². The third-order valence-electron chi connectivity index (χ3n) is 3.11.